The molecule has 27 heavy (non-hydrogen) atoms. The van der Waals surface area contributed by atoms with Crippen molar-refractivity contribution in [2.75, 3.05) is 6.61 Å². The highest BCUT2D eigenvalue weighted by Crippen LogP contribution is 2.34. The molecule has 1 nitrogen and oxygen atoms in total. The molecule has 1 heterocycles. The molecule has 0 amide bonds. The first-order chi connectivity index (χ1) is 13.1. The second-order valence-electron chi connectivity index (χ2n) is 7.42. The summed E-state index contributed by atoms with van der Waals surface area (Å²) in [7, 11) is 0. The van der Waals surface area contributed by atoms with Gasteiger partial charge < -0.3 is 4.74 Å². The predicted molar refractivity (Wildman–Crippen MR) is 104 cm³/mol. The Morgan fingerprint density at radius 1 is 1.00 bits per heavy atom. The summed E-state index contributed by atoms with van der Waals surface area (Å²) in [4.78, 5) is 0. The summed E-state index contributed by atoms with van der Waals surface area (Å²) in [5.41, 5.74) is 0.494. The minimum atomic E-state index is -1.11. The van der Waals surface area contributed by atoms with E-state index < -0.39 is 17.5 Å². The topological polar surface area (TPSA) is 9.23 Å². The molecule has 0 saturated heterocycles. The summed E-state index contributed by atoms with van der Waals surface area (Å²) in [5, 5.41) is 0.0897. The van der Waals surface area contributed by atoms with Gasteiger partial charge in [0, 0.05) is 0 Å². The van der Waals surface area contributed by atoms with Gasteiger partial charge in [-0.1, -0.05) is 45.6 Å². The lowest BCUT2D eigenvalue weighted by Crippen LogP contribution is -2.14. The van der Waals surface area contributed by atoms with E-state index in [0.29, 0.717) is 36.5 Å². The molecular formula is C23H27F3O. The quantitative estimate of drug-likeness (QED) is 0.466. The van der Waals surface area contributed by atoms with Gasteiger partial charge in [-0.2, -0.15) is 0 Å². The third kappa shape index (κ3) is 4.15. The Hall–Kier alpha value is -1.97. The van der Waals surface area contributed by atoms with Gasteiger partial charge in [0.05, 0.1) is 17.6 Å². The van der Waals surface area contributed by atoms with Crippen LogP contribution in [0.1, 0.15) is 63.5 Å². The standard InChI is InChI=1S/C23H27F3O/c1-3-5-6-8-15-9-12-19(27-14-15)18-11-10-16-13-17(7-4-2)21(24)23(26)20(16)22(18)25/h10-13,15H,3-9,14H2,1-2H3. The first kappa shape index (κ1) is 19.8. The van der Waals surface area contributed by atoms with Crippen molar-refractivity contribution in [2.45, 2.75) is 58.8 Å². The van der Waals surface area contributed by atoms with E-state index in [2.05, 4.69) is 6.92 Å². The molecule has 0 bridgehead atoms. The molecule has 1 aliphatic rings. The fourth-order valence-electron chi connectivity index (χ4n) is 3.76. The van der Waals surface area contributed by atoms with E-state index in [1.165, 1.54) is 19.3 Å². The molecule has 3 rings (SSSR count). The molecule has 2 aromatic rings. The van der Waals surface area contributed by atoms with E-state index in [-0.39, 0.29) is 16.5 Å². The predicted octanol–water partition coefficient (Wildman–Crippen LogP) is 7.17. The van der Waals surface area contributed by atoms with Gasteiger partial charge in [-0.3, -0.25) is 0 Å². The molecule has 1 aliphatic heterocycles. The van der Waals surface area contributed by atoms with Gasteiger partial charge in [0.15, 0.2) is 11.6 Å². The summed E-state index contributed by atoms with van der Waals surface area (Å²) in [5.74, 6) is -1.94. The molecule has 0 fully saturated rings. The first-order valence-corrected chi connectivity index (χ1v) is 9.99. The number of fused-ring (bicyclic) bond motifs is 1. The summed E-state index contributed by atoms with van der Waals surface area (Å²) in [6.07, 6.45) is 8.47. The van der Waals surface area contributed by atoms with E-state index in [0.717, 1.165) is 12.8 Å². The van der Waals surface area contributed by atoms with Gasteiger partial charge >= 0.3 is 0 Å². The lowest BCUT2D eigenvalue weighted by atomic mass is 9.94. The molecular weight excluding hydrogens is 349 g/mol. The van der Waals surface area contributed by atoms with Crippen LogP contribution in [0.2, 0.25) is 0 Å². The molecule has 0 aliphatic carbocycles. The van der Waals surface area contributed by atoms with Crippen LogP contribution in [0.3, 0.4) is 0 Å². The molecule has 0 N–H and O–H groups in total. The SMILES string of the molecule is CCCCCC1CC=C(c2ccc3cc(CCC)c(F)c(F)c3c2F)OC1. The summed E-state index contributed by atoms with van der Waals surface area (Å²) >= 11 is 0. The van der Waals surface area contributed by atoms with Crippen molar-refractivity contribution < 1.29 is 17.9 Å². The van der Waals surface area contributed by atoms with E-state index in [4.69, 9.17) is 4.74 Å². The lowest BCUT2D eigenvalue weighted by Gasteiger charge is -2.23. The highest BCUT2D eigenvalue weighted by molar-refractivity contribution is 5.88. The molecule has 0 aromatic heterocycles. The van der Waals surface area contributed by atoms with Crippen molar-refractivity contribution in [3.63, 3.8) is 0 Å². The van der Waals surface area contributed by atoms with Crippen LogP contribution in [0.4, 0.5) is 13.2 Å². The summed E-state index contributed by atoms with van der Waals surface area (Å²) < 4.78 is 49.6. The lowest BCUT2D eigenvalue weighted by molar-refractivity contribution is 0.190. The van der Waals surface area contributed by atoms with Gasteiger partial charge in [0.2, 0.25) is 0 Å². The van der Waals surface area contributed by atoms with Crippen molar-refractivity contribution in [3.8, 4) is 0 Å². The number of hydrogen-bond donors (Lipinski definition) is 0. The number of hydrogen-bond acceptors (Lipinski definition) is 1. The minimum Gasteiger partial charge on any atom is -0.493 e. The van der Waals surface area contributed by atoms with Gasteiger partial charge in [0.1, 0.15) is 11.6 Å². The highest BCUT2D eigenvalue weighted by atomic mass is 19.2. The number of aryl methyl sites for hydroxylation is 1. The van der Waals surface area contributed by atoms with Crippen molar-refractivity contribution in [2.24, 2.45) is 5.92 Å². The fourth-order valence-corrected chi connectivity index (χ4v) is 3.76. The van der Waals surface area contributed by atoms with Crippen LogP contribution in [0, 0.1) is 23.4 Å². The van der Waals surface area contributed by atoms with Crippen molar-refractivity contribution >= 4 is 16.5 Å². The van der Waals surface area contributed by atoms with E-state index >= 15 is 4.39 Å². The number of allylic oxidation sites excluding steroid dienone is 1. The minimum absolute atomic E-state index is 0.205. The van der Waals surface area contributed by atoms with Crippen molar-refractivity contribution in [3.05, 3.63) is 52.9 Å². The third-order valence-electron chi connectivity index (χ3n) is 5.31. The number of halogens is 3. The van der Waals surface area contributed by atoms with Crippen molar-refractivity contribution in [1.29, 1.82) is 0 Å². The van der Waals surface area contributed by atoms with Crippen LogP contribution < -0.4 is 0 Å². The summed E-state index contributed by atoms with van der Waals surface area (Å²) in [6.45, 7) is 4.61. The average Bonchev–Trinajstić information content (AvgIpc) is 2.67. The zero-order valence-electron chi connectivity index (χ0n) is 16.1. The monoisotopic (exact) mass is 376 g/mol. The third-order valence-corrected chi connectivity index (χ3v) is 5.31. The number of benzene rings is 2. The molecule has 2 aromatic carbocycles. The Morgan fingerprint density at radius 2 is 1.81 bits per heavy atom. The Bertz CT molecular complexity index is 841. The second-order valence-corrected chi connectivity index (χ2v) is 7.42. The molecule has 0 spiro atoms. The molecule has 1 unspecified atom stereocenters. The number of ether oxygens (including phenoxy) is 1. The smallest absolute Gasteiger partial charge is 0.169 e. The van der Waals surface area contributed by atoms with Crippen LogP contribution in [-0.2, 0) is 11.2 Å². The Balaban J connectivity index is 1.89. The van der Waals surface area contributed by atoms with Gasteiger partial charge in [-0.15, -0.1) is 0 Å². The fraction of sp³-hybridized carbons (Fsp3) is 0.478. The largest absolute Gasteiger partial charge is 0.493 e. The normalized spacial score (nSPS) is 17.1. The molecule has 0 radical (unpaired) electrons. The van der Waals surface area contributed by atoms with E-state index in [1.807, 2.05) is 13.0 Å². The van der Waals surface area contributed by atoms with Crippen LogP contribution in [-0.4, -0.2) is 6.61 Å². The molecule has 1 atom stereocenters. The first-order valence-electron chi connectivity index (χ1n) is 9.99. The van der Waals surface area contributed by atoms with Crippen LogP contribution in [0.25, 0.3) is 16.5 Å². The molecule has 4 heteroatoms. The van der Waals surface area contributed by atoms with Crippen LogP contribution in [0.15, 0.2) is 24.3 Å². The van der Waals surface area contributed by atoms with Crippen molar-refractivity contribution in [1.82, 2.24) is 0 Å². The van der Waals surface area contributed by atoms with Gasteiger partial charge in [0.25, 0.3) is 0 Å². The number of unbranched alkanes of at least 4 members (excludes halogenated alkanes) is 2. The summed E-state index contributed by atoms with van der Waals surface area (Å²) in [6, 6.07) is 4.80. The zero-order valence-corrected chi connectivity index (χ0v) is 16.1. The van der Waals surface area contributed by atoms with E-state index in [1.54, 1.807) is 18.2 Å². The second kappa shape index (κ2) is 8.81. The van der Waals surface area contributed by atoms with Crippen LogP contribution >= 0.6 is 0 Å². The zero-order chi connectivity index (χ0) is 19.4. The van der Waals surface area contributed by atoms with Crippen LogP contribution in [0.5, 0.6) is 0 Å². The van der Waals surface area contributed by atoms with E-state index in [9.17, 15) is 8.78 Å². The van der Waals surface area contributed by atoms with Gasteiger partial charge in [-0.25, -0.2) is 13.2 Å². The average molecular weight is 376 g/mol. The maximum absolute atomic E-state index is 15.0. The highest BCUT2D eigenvalue weighted by Gasteiger charge is 2.23. The Morgan fingerprint density at radius 3 is 2.48 bits per heavy atom. The Kier molecular flexibility index (Phi) is 6.46. The number of rotatable bonds is 7. The Labute approximate surface area is 159 Å². The maximum Gasteiger partial charge on any atom is 0.169 e. The maximum atomic E-state index is 15.0. The van der Waals surface area contributed by atoms with Gasteiger partial charge in [-0.05, 0) is 54.3 Å². The molecule has 0 saturated carbocycles. The molecule has 146 valence electrons.